The highest BCUT2D eigenvalue weighted by molar-refractivity contribution is 5.94. The molecule has 1 aliphatic heterocycles. The van der Waals surface area contributed by atoms with E-state index in [0.717, 1.165) is 29.9 Å². The fraction of sp³-hybridized carbons (Fsp3) is 0.286. The first-order chi connectivity index (χ1) is 13.6. The Morgan fingerprint density at radius 3 is 2.82 bits per heavy atom. The molecule has 1 fully saturated rings. The summed E-state index contributed by atoms with van der Waals surface area (Å²) in [6.07, 6.45) is 6.85. The van der Waals surface area contributed by atoms with Crippen molar-refractivity contribution in [2.75, 3.05) is 11.9 Å². The van der Waals surface area contributed by atoms with Crippen molar-refractivity contribution < 1.29 is 4.79 Å². The number of aryl methyl sites for hydroxylation is 2. The normalized spacial score (nSPS) is 16.2. The molecule has 0 saturated carbocycles. The second kappa shape index (κ2) is 7.72. The molecule has 0 aliphatic carbocycles. The Balaban J connectivity index is 1.62. The van der Waals surface area contributed by atoms with Gasteiger partial charge in [0.1, 0.15) is 17.5 Å². The summed E-state index contributed by atoms with van der Waals surface area (Å²) in [6, 6.07) is 9.32. The van der Waals surface area contributed by atoms with E-state index in [1.807, 2.05) is 36.9 Å². The van der Waals surface area contributed by atoms with Gasteiger partial charge in [-0.1, -0.05) is 6.07 Å². The largest absolute Gasteiger partial charge is 0.330 e. The predicted molar refractivity (Wildman–Crippen MR) is 106 cm³/mol. The number of nitrogens with zero attached hydrogens (tertiary/aromatic N) is 5. The Morgan fingerprint density at radius 2 is 2.04 bits per heavy atom. The summed E-state index contributed by atoms with van der Waals surface area (Å²) in [4.78, 5) is 32.4. The fourth-order valence-electron chi connectivity index (χ4n) is 3.54. The molecule has 7 heteroatoms. The van der Waals surface area contributed by atoms with E-state index in [4.69, 9.17) is 0 Å². The maximum Gasteiger partial charge on any atom is 0.255 e. The van der Waals surface area contributed by atoms with Gasteiger partial charge in [-0.3, -0.25) is 9.78 Å². The lowest BCUT2D eigenvalue weighted by Crippen LogP contribution is -2.31. The van der Waals surface area contributed by atoms with Gasteiger partial charge in [0.25, 0.3) is 5.91 Å². The number of pyridine rings is 2. The van der Waals surface area contributed by atoms with Gasteiger partial charge in [0.2, 0.25) is 0 Å². The topological polar surface area (TPSA) is 83.9 Å². The third-order valence-electron chi connectivity index (χ3n) is 4.88. The van der Waals surface area contributed by atoms with Gasteiger partial charge >= 0.3 is 0 Å². The smallest absolute Gasteiger partial charge is 0.255 e. The summed E-state index contributed by atoms with van der Waals surface area (Å²) in [5.74, 6) is 2.10. The third kappa shape index (κ3) is 3.69. The minimum atomic E-state index is -0.0696. The Morgan fingerprint density at radius 1 is 1.18 bits per heavy atom. The summed E-state index contributed by atoms with van der Waals surface area (Å²) in [5.41, 5.74) is 2.48. The van der Waals surface area contributed by atoms with E-state index in [-0.39, 0.29) is 11.9 Å². The average Bonchev–Trinajstić information content (AvgIpc) is 3.19. The van der Waals surface area contributed by atoms with Crippen molar-refractivity contribution in [3.05, 3.63) is 71.6 Å². The monoisotopic (exact) mass is 374 g/mol. The summed E-state index contributed by atoms with van der Waals surface area (Å²) >= 11 is 0. The lowest BCUT2D eigenvalue weighted by molar-refractivity contribution is 0.0732. The lowest BCUT2D eigenvalue weighted by Gasteiger charge is -2.25. The minimum Gasteiger partial charge on any atom is -0.330 e. The van der Waals surface area contributed by atoms with Gasteiger partial charge in [-0.2, -0.15) is 0 Å². The lowest BCUT2D eigenvalue weighted by atomic mass is 10.1. The van der Waals surface area contributed by atoms with Crippen LogP contribution in [0.4, 0.5) is 11.6 Å². The second-order valence-electron chi connectivity index (χ2n) is 6.92. The second-order valence-corrected chi connectivity index (χ2v) is 6.92. The van der Waals surface area contributed by atoms with Gasteiger partial charge in [-0.25, -0.2) is 15.0 Å². The van der Waals surface area contributed by atoms with E-state index in [9.17, 15) is 4.79 Å². The number of hydrogen-bond donors (Lipinski definition) is 1. The number of anilines is 2. The van der Waals surface area contributed by atoms with Crippen LogP contribution in [0.5, 0.6) is 0 Å². The molecule has 4 rings (SSSR count). The van der Waals surface area contributed by atoms with Crippen molar-refractivity contribution in [1.82, 2.24) is 24.8 Å². The number of rotatable bonds is 4. The van der Waals surface area contributed by atoms with Crippen molar-refractivity contribution in [2.45, 2.75) is 32.7 Å². The SMILES string of the molecule is Cc1nc(Nc2ncccc2C)cc(C2CCCN2C(=O)c2cccnc2)n1. The van der Waals surface area contributed by atoms with E-state index in [2.05, 4.69) is 25.3 Å². The van der Waals surface area contributed by atoms with E-state index < -0.39 is 0 Å². The average molecular weight is 374 g/mol. The zero-order chi connectivity index (χ0) is 19.5. The third-order valence-corrected chi connectivity index (χ3v) is 4.88. The first-order valence-corrected chi connectivity index (χ1v) is 9.37. The van der Waals surface area contributed by atoms with Crippen molar-refractivity contribution in [3.63, 3.8) is 0 Å². The molecule has 1 atom stereocenters. The number of aromatic nitrogens is 4. The van der Waals surface area contributed by atoms with Crippen LogP contribution in [-0.2, 0) is 0 Å². The zero-order valence-electron chi connectivity index (χ0n) is 16.0. The van der Waals surface area contributed by atoms with Crippen LogP contribution in [0.15, 0.2) is 48.9 Å². The number of amides is 1. The predicted octanol–water partition coefficient (Wildman–Crippen LogP) is 3.60. The fourth-order valence-corrected chi connectivity index (χ4v) is 3.54. The highest BCUT2D eigenvalue weighted by atomic mass is 16.2. The number of hydrogen-bond acceptors (Lipinski definition) is 6. The molecule has 1 amide bonds. The Kier molecular flexibility index (Phi) is 4.97. The van der Waals surface area contributed by atoms with Crippen LogP contribution in [0.3, 0.4) is 0 Å². The van der Waals surface area contributed by atoms with E-state index in [1.54, 1.807) is 30.7 Å². The van der Waals surface area contributed by atoms with Crippen LogP contribution in [0.1, 0.15) is 46.3 Å². The Bertz CT molecular complexity index is 991. The Labute approximate surface area is 163 Å². The van der Waals surface area contributed by atoms with Gasteiger partial charge in [-0.15, -0.1) is 0 Å². The zero-order valence-corrected chi connectivity index (χ0v) is 16.0. The van der Waals surface area contributed by atoms with Crippen molar-refractivity contribution in [2.24, 2.45) is 0 Å². The van der Waals surface area contributed by atoms with Gasteiger partial charge in [0, 0.05) is 31.2 Å². The van der Waals surface area contributed by atoms with Crippen molar-refractivity contribution >= 4 is 17.5 Å². The molecule has 3 aromatic rings. The molecule has 1 saturated heterocycles. The molecule has 0 spiro atoms. The van der Waals surface area contributed by atoms with Gasteiger partial charge < -0.3 is 10.2 Å². The molecule has 0 radical (unpaired) electrons. The van der Waals surface area contributed by atoms with Crippen LogP contribution in [0.2, 0.25) is 0 Å². The van der Waals surface area contributed by atoms with Crippen LogP contribution >= 0.6 is 0 Å². The molecule has 0 bridgehead atoms. The summed E-state index contributed by atoms with van der Waals surface area (Å²) in [7, 11) is 0. The van der Waals surface area contributed by atoms with Gasteiger partial charge in [0.05, 0.1) is 17.3 Å². The molecule has 0 aromatic carbocycles. The molecular weight excluding hydrogens is 352 g/mol. The molecule has 3 aromatic heterocycles. The van der Waals surface area contributed by atoms with Crippen LogP contribution in [0.25, 0.3) is 0 Å². The minimum absolute atomic E-state index is 0.0121. The highest BCUT2D eigenvalue weighted by Gasteiger charge is 2.32. The Hall–Kier alpha value is -3.35. The van der Waals surface area contributed by atoms with E-state index >= 15 is 0 Å². The van der Waals surface area contributed by atoms with Crippen molar-refractivity contribution in [3.8, 4) is 0 Å². The quantitative estimate of drug-likeness (QED) is 0.751. The molecule has 28 heavy (non-hydrogen) atoms. The number of carbonyl (C=O) groups excluding carboxylic acids is 1. The summed E-state index contributed by atoms with van der Waals surface area (Å²) in [6.45, 7) is 4.57. The number of nitrogens with one attached hydrogen (secondary N) is 1. The van der Waals surface area contributed by atoms with Crippen LogP contribution in [-0.4, -0.2) is 37.3 Å². The molecule has 1 unspecified atom stereocenters. The van der Waals surface area contributed by atoms with E-state index in [0.29, 0.717) is 23.8 Å². The molecule has 142 valence electrons. The van der Waals surface area contributed by atoms with Gasteiger partial charge in [0.15, 0.2) is 0 Å². The van der Waals surface area contributed by atoms with Crippen LogP contribution in [0, 0.1) is 13.8 Å². The summed E-state index contributed by atoms with van der Waals surface area (Å²) < 4.78 is 0. The first kappa shape index (κ1) is 18.0. The maximum absolute atomic E-state index is 13.0. The van der Waals surface area contributed by atoms with Gasteiger partial charge in [-0.05, 0) is 50.5 Å². The first-order valence-electron chi connectivity index (χ1n) is 9.37. The van der Waals surface area contributed by atoms with Crippen molar-refractivity contribution in [1.29, 1.82) is 0 Å². The number of likely N-dealkylation sites (tertiary alicyclic amines) is 1. The molecule has 4 heterocycles. The van der Waals surface area contributed by atoms with Crippen LogP contribution < -0.4 is 5.32 Å². The number of carbonyl (C=O) groups is 1. The standard InChI is InChI=1S/C21H22N6O/c1-14-6-3-10-23-20(14)26-19-12-17(24-15(2)25-19)18-8-5-11-27(18)21(28)16-7-4-9-22-13-16/h3-4,6-7,9-10,12-13,18H,5,8,11H2,1-2H3,(H,23,24,25,26). The highest BCUT2D eigenvalue weighted by Crippen LogP contribution is 2.33. The van der Waals surface area contributed by atoms with E-state index in [1.165, 1.54) is 0 Å². The molecule has 7 nitrogen and oxygen atoms in total. The molecule has 1 aliphatic rings. The molecule has 1 N–H and O–H groups in total. The maximum atomic E-state index is 13.0. The summed E-state index contributed by atoms with van der Waals surface area (Å²) in [5, 5.41) is 3.28. The molecular formula is C21H22N6O.